The summed E-state index contributed by atoms with van der Waals surface area (Å²) in [7, 11) is 3.24. The van der Waals surface area contributed by atoms with E-state index in [2.05, 4.69) is 0 Å². The molecule has 0 heterocycles. The summed E-state index contributed by atoms with van der Waals surface area (Å²) in [4.78, 5) is 13.0. The Balaban J connectivity index is 0.00000156. The Hall–Kier alpha value is -1.78. The fourth-order valence-electron chi connectivity index (χ4n) is 2.61. The van der Waals surface area contributed by atoms with Crippen LogP contribution >= 0.6 is 8.58 Å². The molecule has 0 bridgehead atoms. The van der Waals surface area contributed by atoms with Crippen LogP contribution in [0.4, 0.5) is 0 Å². The molecule has 0 spiro atoms. The van der Waals surface area contributed by atoms with Crippen molar-refractivity contribution in [1.29, 1.82) is 0 Å². The van der Waals surface area contributed by atoms with E-state index in [9.17, 15) is 4.79 Å². The molecule has 3 aromatic carbocycles. The van der Waals surface area contributed by atoms with Gasteiger partial charge in [0.2, 0.25) is 0 Å². The number of hydrogen-bond donors (Lipinski definition) is 0. The first-order chi connectivity index (χ1) is 11.2. The van der Waals surface area contributed by atoms with Crippen molar-refractivity contribution in [3.8, 4) is 11.5 Å². The average Bonchev–Trinajstić information content (AvgIpc) is 2.60. The molecule has 0 saturated carbocycles. The van der Waals surface area contributed by atoms with Gasteiger partial charge >= 0.3 is 18.9 Å². The van der Waals surface area contributed by atoms with Gasteiger partial charge in [-0.15, -0.1) is 0 Å². The smallest absolute Gasteiger partial charge is 1.00 e. The number of methoxy groups -OCH3 is 2. The summed E-state index contributed by atoms with van der Waals surface area (Å²) >= 11 is 0. The minimum absolute atomic E-state index is 0. The fourth-order valence-corrected chi connectivity index (χ4v) is 3.60. The number of carbonyl (C=O) groups is 1. The topological polar surface area (TPSA) is 35.5 Å². The molecule has 0 aliphatic heterocycles. The van der Waals surface area contributed by atoms with E-state index in [0.717, 1.165) is 16.1 Å². The molecule has 0 fully saturated rings. The molecular formula is C19H18LiO3P. The van der Waals surface area contributed by atoms with Gasteiger partial charge in [0.25, 0.3) is 0 Å². The zero-order valence-corrected chi connectivity index (χ0v) is 15.0. The molecule has 0 radical (unpaired) electrons. The van der Waals surface area contributed by atoms with Crippen LogP contribution in [-0.2, 0) is 0 Å². The molecule has 3 aromatic rings. The monoisotopic (exact) mass is 332 g/mol. The van der Waals surface area contributed by atoms with Gasteiger partial charge in [-0.1, -0.05) is 48.5 Å². The summed E-state index contributed by atoms with van der Waals surface area (Å²) in [5, 5.41) is 2.78. The molecular weight excluding hydrogens is 314 g/mol. The van der Waals surface area contributed by atoms with Crippen molar-refractivity contribution < 1.29 is 34.6 Å². The van der Waals surface area contributed by atoms with Gasteiger partial charge in [-0.3, -0.25) is 4.79 Å². The van der Waals surface area contributed by atoms with E-state index in [1.165, 1.54) is 0 Å². The van der Waals surface area contributed by atoms with Crippen LogP contribution in [0.15, 0.2) is 60.7 Å². The Morgan fingerprint density at radius 3 is 2.25 bits per heavy atom. The quantitative estimate of drug-likeness (QED) is 0.519. The number of carbonyl (C=O) groups excluding carboxylic acids is 1. The number of hydrogen-bond acceptors (Lipinski definition) is 3. The molecule has 0 aliphatic rings. The maximum atomic E-state index is 13.0. The van der Waals surface area contributed by atoms with Crippen molar-refractivity contribution >= 4 is 30.2 Å². The van der Waals surface area contributed by atoms with Crippen LogP contribution in [0.1, 0.15) is 11.8 Å². The molecule has 118 valence electrons. The Bertz CT molecular complexity index is 856. The molecule has 0 amide bonds. The van der Waals surface area contributed by atoms with Crippen LogP contribution in [0.25, 0.3) is 10.8 Å². The molecule has 3 rings (SSSR count). The van der Waals surface area contributed by atoms with Crippen molar-refractivity contribution in [2.24, 2.45) is 0 Å². The summed E-state index contributed by atoms with van der Waals surface area (Å²) in [5.41, 5.74) is 0.632. The first kappa shape index (κ1) is 18.6. The van der Waals surface area contributed by atoms with Gasteiger partial charge in [-0.25, -0.2) is 0 Å². The Morgan fingerprint density at radius 1 is 0.875 bits per heavy atom. The largest absolute Gasteiger partial charge is 1.00 e. The molecule has 0 aliphatic carbocycles. The minimum atomic E-state index is 0. The van der Waals surface area contributed by atoms with E-state index in [-0.39, 0.29) is 34.4 Å². The maximum absolute atomic E-state index is 13.0. The summed E-state index contributed by atoms with van der Waals surface area (Å²) in [6.45, 7) is 0. The van der Waals surface area contributed by atoms with Crippen LogP contribution in [0.5, 0.6) is 11.5 Å². The van der Waals surface area contributed by atoms with E-state index in [1.807, 2.05) is 60.7 Å². The second kappa shape index (κ2) is 8.36. The molecule has 0 N–H and O–H groups in total. The summed E-state index contributed by atoms with van der Waals surface area (Å²) in [5.74, 6) is 1.26. The van der Waals surface area contributed by atoms with Crippen LogP contribution in [0.3, 0.4) is 0 Å². The summed E-state index contributed by atoms with van der Waals surface area (Å²) in [6, 6.07) is 19.3. The van der Waals surface area contributed by atoms with Gasteiger partial charge in [0.05, 0.1) is 19.8 Å². The predicted molar refractivity (Wildman–Crippen MR) is 96.9 cm³/mol. The molecule has 5 heteroatoms. The van der Waals surface area contributed by atoms with Gasteiger partial charge < -0.3 is 10.9 Å². The first-order valence-electron chi connectivity index (χ1n) is 7.24. The van der Waals surface area contributed by atoms with Gasteiger partial charge in [0, 0.05) is 5.39 Å². The van der Waals surface area contributed by atoms with Crippen molar-refractivity contribution in [1.82, 2.24) is 0 Å². The summed E-state index contributed by atoms with van der Waals surface area (Å²) < 4.78 is 10.9. The van der Waals surface area contributed by atoms with Gasteiger partial charge in [0.1, 0.15) is 11.5 Å². The Kier molecular flexibility index (Phi) is 6.46. The Labute approximate surface area is 156 Å². The normalized spacial score (nSPS) is 10.6. The van der Waals surface area contributed by atoms with Gasteiger partial charge in [0.15, 0.2) is 5.52 Å². The molecule has 0 saturated heterocycles. The van der Waals surface area contributed by atoms with E-state index in [1.54, 1.807) is 14.2 Å². The van der Waals surface area contributed by atoms with Crippen molar-refractivity contribution in [3.05, 3.63) is 66.2 Å². The number of rotatable bonds is 5. The first-order valence-corrected chi connectivity index (χ1v) is 8.24. The van der Waals surface area contributed by atoms with E-state index in [4.69, 9.17) is 9.47 Å². The molecule has 24 heavy (non-hydrogen) atoms. The van der Waals surface area contributed by atoms with E-state index < -0.39 is 0 Å². The molecule has 3 nitrogen and oxygen atoms in total. The Morgan fingerprint density at radius 2 is 1.58 bits per heavy atom. The van der Waals surface area contributed by atoms with Crippen LogP contribution in [0, 0.1) is 0 Å². The minimum Gasteiger partial charge on any atom is -1.00 e. The van der Waals surface area contributed by atoms with Gasteiger partial charge in [-0.05, 0) is 31.4 Å². The molecule has 1 unspecified atom stereocenters. The van der Waals surface area contributed by atoms with Crippen molar-refractivity contribution in [2.75, 3.05) is 14.2 Å². The molecule has 0 aromatic heterocycles. The zero-order chi connectivity index (χ0) is 16.2. The van der Waals surface area contributed by atoms with Gasteiger partial charge in [-0.2, -0.15) is 0 Å². The third-order valence-corrected chi connectivity index (χ3v) is 4.77. The third kappa shape index (κ3) is 3.65. The zero-order valence-electron chi connectivity index (χ0n) is 15.0. The fraction of sp³-hybridized carbons (Fsp3) is 0.105. The van der Waals surface area contributed by atoms with Crippen LogP contribution < -0.4 is 33.6 Å². The predicted octanol–water partition coefficient (Wildman–Crippen LogP) is 1.12. The number of ether oxygens (including phenoxy) is 2. The SMILES string of the molecule is COc1ccc2cccc(OC)c2c1C(=O)Pc1ccccc1.[H-].[Li+]. The number of benzene rings is 3. The average molecular weight is 332 g/mol. The van der Waals surface area contributed by atoms with Crippen molar-refractivity contribution in [2.45, 2.75) is 0 Å². The second-order valence-electron chi connectivity index (χ2n) is 5.02. The van der Waals surface area contributed by atoms with Crippen LogP contribution in [-0.4, -0.2) is 19.7 Å². The summed E-state index contributed by atoms with van der Waals surface area (Å²) in [6.07, 6.45) is 0. The van der Waals surface area contributed by atoms with Crippen molar-refractivity contribution in [3.63, 3.8) is 0 Å². The third-order valence-electron chi connectivity index (χ3n) is 3.67. The van der Waals surface area contributed by atoms with Crippen LogP contribution in [0.2, 0.25) is 0 Å². The standard InChI is InChI=1S/C19H17O3P.Li.H/c1-21-15-10-6-7-13-11-12-16(22-2)18(17(13)15)19(20)23-14-8-4-3-5-9-14;;/h3-12,23H,1-2H3;;/q;+1;-1. The second-order valence-corrected chi connectivity index (χ2v) is 6.30. The molecule has 1 atom stereocenters. The number of fused-ring (bicyclic) bond motifs is 1. The van der Waals surface area contributed by atoms with E-state index >= 15 is 0 Å². The maximum Gasteiger partial charge on any atom is 1.00 e. The van der Waals surface area contributed by atoms with E-state index in [0.29, 0.717) is 17.1 Å².